The average molecular weight is 204 g/mol. The lowest BCUT2D eigenvalue weighted by molar-refractivity contribution is -0.118. The zero-order valence-corrected chi connectivity index (χ0v) is 9.32. The molecular weight excluding hydrogens is 184 g/mol. The second-order valence-electron chi connectivity index (χ2n) is 3.06. The molecule has 13 heavy (non-hydrogen) atoms. The lowest BCUT2D eigenvalue weighted by atomic mass is 10.3. The molecule has 3 N–H and O–H groups in total. The third kappa shape index (κ3) is 8.12. The number of rotatable bonds is 7. The molecule has 0 aromatic carbocycles. The quantitative estimate of drug-likeness (QED) is 0.608. The maximum atomic E-state index is 11.2. The van der Waals surface area contributed by atoms with Crippen LogP contribution >= 0.6 is 11.8 Å². The number of amides is 1. The summed E-state index contributed by atoms with van der Waals surface area (Å²) >= 11 is 1.61. The van der Waals surface area contributed by atoms with Gasteiger partial charge in [0.2, 0.25) is 5.91 Å². The maximum Gasteiger partial charge on any atom is 0.230 e. The minimum atomic E-state index is 0.124. The Kier molecular flexibility index (Phi) is 8.24. The first kappa shape index (κ1) is 12.8. The summed E-state index contributed by atoms with van der Waals surface area (Å²) in [5.41, 5.74) is 5.43. The molecule has 0 heterocycles. The molecule has 0 aromatic heterocycles. The van der Waals surface area contributed by atoms with E-state index in [1.807, 2.05) is 6.92 Å². The molecule has 0 aliphatic heterocycles. The normalized spacial score (nSPS) is 12.5. The van der Waals surface area contributed by atoms with Crippen molar-refractivity contribution in [1.82, 2.24) is 5.32 Å². The third-order valence-electron chi connectivity index (χ3n) is 1.68. The van der Waals surface area contributed by atoms with Crippen molar-refractivity contribution in [3.63, 3.8) is 0 Å². The van der Waals surface area contributed by atoms with Crippen LogP contribution in [0.2, 0.25) is 0 Å². The van der Waals surface area contributed by atoms with Crippen molar-refractivity contribution in [1.29, 1.82) is 0 Å². The smallest absolute Gasteiger partial charge is 0.230 e. The topological polar surface area (TPSA) is 55.1 Å². The van der Waals surface area contributed by atoms with E-state index in [4.69, 9.17) is 5.73 Å². The van der Waals surface area contributed by atoms with E-state index in [0.29, 0.717) is 17.5 Å². The first-order chi connectivity index (χ1) is 6.20. The van der Waals surface area contributed by atoms with Crippen LogP contribution in [0.15, 0.2) is 0 Å². The molecule has 1 unspecified atom stereocenters. The van der Waals surface area contributed by atoms with Gasteiger partial charge in [0.05, 0.1) is 5.75 Å². The van der Waals surface area contributed by atoms with Gasteiger partial charge in [0.25, 0.3) is 0 Å². The van der Waals surface area contributed by atoms with Crippen LogP contribution in [-0.2, 0) is 4.79 Å². The first-order valence-corrected chi connectivity index (χ1v) is 5.84. The molecule has 1 amide bonds. The van der Waals surface area contributed by atoms with Gasteiger partial charge in [0, 0.05) is 18.3 Å². The summed E-state index contributed by atoms with van der Waals surface area (Å²) in [4.78, 5) is 11.2. The molecule has 78 valence electrons. The Bertz CT molecular complexity index is 142. The number of unbranched alkanes of at least 4 members (excludes halogenated alkanes) is 1. The number of nitrogens with one attached hydrogen (secondary N) is 1. The summed E-state index contributed by atoms with van der Waals surface area (Å²) in [7, 11) is 0. The minimum Gasteiger partial charge on any atom is -0.355 e. The Balaban J connectivity index is 3.30. The van der Waals surface area contributed by atoms with Gasteiger partial charge in [-0.2, -0.15) is 0 Å². The van der Waals surface area contributed by atoms with Crippen LogP contribution in [0.3, 0.4) is 0 Å². The molecule has 0 aliphatic carbocycles. The van der Waals surface area contributed by atoms with Gasteiger partial charge in [-0.15, -0.1) is 11.8 Å². The average Bonchev–Trinajstić information content (AvgIpc) is 2.14. The van der Waals surface area contributed by atoms with Crippen LogP contribution in [0, 0.1) is 0 Å². The van der Waals surface area contributed by atoms with Crippen LogP contribution in [0.5, 0.6) is 0 Å². The minimum absolute atomic E-state index is 0.124. The molecule has 0 rings (SSSR count). The van der Waals surface area contributed by atoms with Crippen molar-refractivity contribution in [3.8, 4) is 0 Å². The summed E-state index contributed by atoms with van der Waals surface area (Å²) in [6.45, 7) is 5.57. The number of nitrogens with two attached hydrogens (primary N) is 1. The van der Waals surface area contributed by atoms with Gasteiger partial charge >= 0.3 is 0 Å². The fourth-order valence-corrected chi connectivity index (χ4v) is 1.42. The highest BCUT2D eigenvalue weighted by Gasteiger charge is 2.04. The molecule has 0 bridgehead atoms. The van der Waals surface area contributed by atoms with Crippen LogP contribution < -0.4 is 11.1 Å². The molecule has 1 atom stereocenters. The SMILES string of the molecule is CCCCNC(=O)CSC(C)CN. The Hall–Kier alpha value is -0.220. The molecule has 0 radical (unpaired) electrons. The van der Waals surface area contributed by atoms with Gasteiger partial charge in [-0.1, -0.05) is 20.3 Å². The lowest BCUT2D eigenvalue weighted by Gasteiger charge is -2.07. The molecule has 0 fully saturated rings. The van der Waals surface area contributed by atoms with E-state index in [1.165, 1.54) is 0 Å². The van der Waals surface area contributed by atoms with E-state index in [-0.39, 0.29) is 5.91 Å². The maximum absolute atomic E-state index is 11.2. The molecule has 3 nitrogen and oxygen atoms in total. The number of hydrogen-bond donors (Lipinski definition) is 2. The number of hydrogen-bond acceptors (Lipinski definition) is 3. The zero-order chi connectivity index (χ0) is 10.1. The Labute approximate surface area is 84.8 Å². The summed E-state index contributed by atoms with van der Waals surface area (Å²) in [6, 6.07) is 0. The summed E-state index contributed by atoms with van der Waals surface area (Å²) in [5, 5.41) is 3.23. The summed E-state index contributed by atoms with van der Waals surface area (Å²) in [5.74, 6) is 0.654. The molecule has 0 saturated heterocycles. The lowest BCUT2D eigenvalue weighted by Crippen LogP contribution is -2.27. The van der Waals surface area contributed by atoms with Gasteiger partial charge in [0.15, 0.2) is 0 Å². The van der Waals surface area contributed by atoms with Crippen molar-refractivity contribution in [3.05, 3.63) is 0 Å². The predicted octanol–water partition coefficient (Wildman–Crippen LogP) is 0.983. The first-order valence-electron chi connectivity index (χ1n) is 4.79. The standard InChI is InChI=1S/C9H20N2OS/c1-3-4-5-11-9(12)7-13-8(2)6-10/h8H,3-7,10H2,1-2H3,(H,11,12). The molecule has 0 saturated carbocycles. The highest BCUT2D eigenvalue weighted by molar-refractivity contribution is 8.00. The monoisotopic (exact) mass is 204 g/mol. The van der Waals surface area contributed by atoms with Crippen molar-refractivity contribution in [2.24, 2.45) is 5.73 Å². The van der Waals surface area contributed by atoms with E-state index < -0.39 is 0 Å². The van der Waals surface area contributed by atoms with Crippen molar-refractivity contribution < 1.29 is 4.79 Å². The molecule has 0 aliphatic rings. The highest BCUT2D eigenvalue weighted by atomic mass is 32.2. The van der Waals surface area contributed by atoms with E-state index in [2.05, 4.69) is 12.2 Å². The van der Waals surface area contributed by atoms with Gasteiger partial charge < -0.3 is 11.1 Å². The van der Waals surface area contributed by atoms with Crippen molar-refractivity contribution in [2.75, 3.05) is 18.8 Å². The van der Waals surface area contributed by atoms with E-state index in [0.717, 1.165) is 19.4 Å². The highest BCUT2D eigenvalue weighted by Crippen LogP contribution is 2.07. The Morgan fingerprint density at radius 3 is 2.85 bits per heavy atom. The molecule has 0 spiro atoms. The zero-order valence-electron chi connectivity index (χ0n) is 8.51. The number of thioether (sulfide) groups is 1. The predicted molar refractivity (Wildman–Crippen MR) is 58.9 cm³/mol. The van der Waals surface area contributed by atoms with E-state index in [9.17, 15) is 4.79 Å². The van der Waals surface area contributed by atoms with Crippen LogP contribution in [0.25, 0.3) is 0 Å². The van der Waals surface area contributed by atoms with Gasteiger partial charge in [-0.3, -0.25) is 4.79 Å². The van der Waals surface area contributed by atoms with Gasteiger partial charge in [-0.05, 0) is 6.42 Å². The fourth-order valence-electron chi connectivity index (χ4n) is 0.742. The molecule has 4 heteroatoms. The Morgan fingerprint density at radius 1 is 1.62 bits per heavy atom. The van der Waals surface area contributed by atoms with Crippen LogP contribution in [0.1, 0.15) is 26.7 Å². The fraction of sp³-hybridized carbons (Fsp3) is 0.889. The second-order valence-corrected chi connectivity index (χ2v) is 4.49. The molecule has 0 aromatic rings. The molecular formula is C9H20N2OS. The second kappa shape index (κ2) is 8.38. The van der Waals surface area contributed by atoms with E-state index in [1.54, 1.807) is 11.8 Å². The van der Waals surface area contributed by atoms with Crippen molar-refractivity contribution in [2.45, 2.75) is 31.9 Å². The van der Waals surface area contributed by atoms with E-state index >= 15 is 0 Å². The number of carbonyl (C=O) groups excluding carboxylic acids is 1. The third-order valence-corrected chi connectivity index (χ3v) is 2.87. The summed E-state index contributed by atoms with van der Waals surface area (Å²) in [6.07, 6.45) is 2.18. The van der Waals surface area contributed by atoms with Gasteiger partial charge in [0.1, 0.15) is 0 Å². The van der Waals surface area contributed by atoms with Crippen molar-refractivity contribution >= 4 is 17.7 Å². The van der Waals surface area contributed by atoms with Crippen LogP contribution in [0.4, 0.5) is 0 Å². The summed E-state index contributed by atoms with van der Waals surface area (Å²) < 4.78 is 0. The largest absolute Gasteiger partial charge is 0.355 e. The van der Waals surface area contributed by atoms with Crippen LogP contribution in [-0.4, -0.2) is 30.0 Å². The van der Waals surface area contributed by atoms with Gasteiger partial charge in [-0.25, -0.2) is 0 Å². The number of carbonyl (C=O) groups is 1. The Morgan fingerprint density at radius 2 is 2.31 bits per heavy atom.